The van der Waals surface area contributed by atoms with Gasteiger partial charge in [-0.05, 0) is 43.5 Å². The van der Waals surface area contributed by atoms with Gasteiger partial charge in [0.1, 0.15) is 5.82 Å². The molecule has 3 heterocycles. The van der Waals surface area contributed by atoms with Crippen molar-refractivity contribution in [3.63, 3.8) is 0 Å². The lowest BCUT2D eigenvalue weighted by Gasteiger charge is -2.38. The van der Waals surface area contributed by atoms with Gasteiger partial charge in [0.05, 0.1) is 4.92 Å². The Balaban J connectivity index is 1.59. The number of benzene rings is 1. The fourth-order valence-electron chi connectivity index (χ4n) is 3.83. The van der Waals surface area contributed by atoms with E-state index in [1.807, 2.05) is 18.2 Å². The molecule has 9 nitrogen and oxygen atoms in total. The van der Waals surface area contributed by atoms with Crippen molar-refractivity contribution < 1.29 is 4.92 Å². The average molecular weight is 419 g/mol. The molecule has 31 heavy (non-hydrogen) atoms. The number of nitro groups is 1. The molecule has 1 saturated heterocycles. The molecule has 0 saturated carbocycles. The van der Waals surface area contributed by atoms with Crippen molar-refractivity contribution in [3.8, 4) is 11.4 Å². The maximum atomic E-state index is 11.0. The Bertz CT molecular complexity index is 1040. The van der Waals surface area contributed by atoms with E-state index in [0.29, 0.717) is 5.82 Å². The van der Waals surface area contributed by atoms with Crippen LogP contribution >= 0.6 is 0 Å². The monoisotopic (exact) mass is 419 g/mol. The van der Waals surface area contributed by atoms with Gasteiger partial charge in [0.25, 0.3) is 5.69 Å². The summed E-state index contributed by atoms with van der Waals surface area (Å²) >= 11 is 0. The Morgan fingerprint density at radius 2 is 2.03 bits per heavy atom. The van der Waals surface area contributed by atoms with E-state index in [0.717, 1.165) is 55.2 Å². The highest BCUT2D eigenvalue weighted by Gasteiger charge is 2.25. The van der Waals surface area contributed by atoms with Crippen molar-refractivity contribution in [1.82, 2.24) is 20.2 Å². The molecule has 0 spiro atoms. The highest BCUT2D eigenvalue weighted by atomic mass is 16.6. The van der Waals surface area contributed by atoms with Gasteiger partial charge in [0, 0.05) is 61.8 Å². The largest absolute Gasteiger partial charge is 0.355 e. The van der Waals surface area contributed by atoms with Crippen molar-refractivity contribution in [1.29, 1.82) is 0 Å². The Hall–Kier alpha value is -3.62. The molecule has 0 bridgehead atoms. The van der Waals surface area contributed by atoms with Gasteiger partial charge >= 0.3 is 0 Å². The van der Waals surface area contributed by atoms with E-state index >= 15 is 0 Å². The summed E-state index contributed by atoms with van der Waals surface area (Å²) in [6, 6.07) is 12.6. The van der Waals surface area contributed by atoms with E-state index in [9.17, 15) is 10.1 Å². The summed E-state index contributed by atoms with van der Waals surface area (Å²) in [7, 11) is 2.06. The van der Waals surface area contributed by atoms with Gasteiger partial charge in [-0.1, -0.05) is 6.92 Å². The third-order valence-corrected chi connectivity index (χ3v) is 5.65. The molecule has 1 atom stereocenters. The molecule has 1 aliphatic rings. The van der Waals surface area contributed by atoms with Gasteiger partial charge in [-0.2, -0.15) is 5.10 Å². The van der Waals surface area contributed by atoms with E-state index in [-0.39, 0.29) is 11.7 Å². The first-order chi connectivity index (χ1) is 15.0. The molecule has 0 amide bonds. The lowest BCUT2D eigenvalue weighted by atomic mass is 10.0. The number of hydrogen-bond acceptors (Lipinski definition) is 8. The van der Waals surface area contributed by atoms with Crippen molar-refractivity contribution in [2.75, 3.05) is 29.9 Å². The van der Waals surface area contributed by atoms with Gasteiger partial charge in [0.15, 0.2) is 11.6 Å². The van der Waals surface area contributed by atoms with E-state index < -0.39 is 4.92 Å². The Labute approximate surface area is 180 Å². The second-order valence-electron chi connectivity index (χ2n) is 7.63. The molecule has 1 aromatic carbocycles. The summed E-state index contributed by atoms with van der Waals surface area (Å²) < 4.78 is 0. The summed E-state index contributed by atoms with van der Waals surface area (Å²) in [6.45, 7) is 3.86. The highest BCUT2D eigenvalue weighted by Crippen LogP contribution is 2.26. The molecule has 1 unspecified atom stereocenters. The number of aryl methyl sites for hydroxylation is 1. The standard InChI is InChI=1S/C22H25N7O2/c1-3-17-14-21(25-22(24-17)16-8-10-18(11-9-16)29(30)31)27(2)19-6-5-13-28(15-19)20-7-4-12-23-26-20/h4,7-12,14,19H,3,5-6,13,15H2,1-2H3. The number of nitro benzene ring substituents is 1. The number of rotatable bonds is 6. The van der Waals surface area contributed by atoms with Crippen molar-refractivity contribution in [2.24, 2.45) is 0 Å². The number of hydrogen-bond donors (Lipinski definition) is 0. The smallest absolute Gasteiger partial charge is 0.269 e. The number of likely N-dealkylation sites (N-methyl/N-ethyl adjacent to an activating group) is 1. The normalized spacial score (nSPS) is 16.2. The highest BCUT2D eigenvalue weighted by molar-refractivity contribution is 5.60. The fourth-order valence-corrected chi connectivity index (χ4v) is 3.83. The van der Waals surface area contributed by atoms with Crippen LogP contribution in [0.15, 0.2) is 48.7 Å². The number of anilines is 2. The minimum absolute atomic E-state index is 0.0547. The third-order valence-electron chi connectivity index (χ3n) is 5.65. The molecule has 160 valence electrons. The maximum Gasteiger partial charge on any atom is 0.269 e. The number of non-ortho nitro benzene ring substituents is 1. The topological polar surface area (TPSA) is 101 Å². The van der Waals surface area contributed by atoms with Crippen LogP contribution in [0.4, 0.5) is 17.3 Å². The predicted octanol–water partition coefficient (Wildman–Crippen LogP) is 3.51. The van der Waals surface area contributed by atoms with E-state index in [1.54, 1.807) is 18.3 Å². The summed E-state index contributed by atoms with van der Waals surface area (Å²) in [4.78, 5) is 24.5. The van der Waals surface area contributed by atoms with Crippen LogP contribution in [0.2, 0.25) is 0 Å². The van der Waals surface area contributed by atoms with E-state index in [2.05, 4.69) is 39.0 Å². The van der Waals surface area contributed by atoms with E-state index in [4.69, 9.17) is 4.98 Å². The van der Waals surface area contributed by atoms with Gasteiger partial charge < -0.3 is 9.80 Å². The van der Waals surface area contributed by atoms with Crippen LogP contribution in [0.3, 0.4) is 0 Å². The molecule has 0 radical (unpaired) electrons. The maximum absolute atomic E-state index is 11.0. The molecular formula is C22H25N7O2. The third kappa shape index (κ3) is 4.60. The second kappa shape index (κ2) is 9.03. The lowest BCUT2D eigenvalue weighted by molar-refractivity contribution is -0.384. The molecule has 0 aliphatic carbocycles. The SMILES string of the molecule is CCc1cc(N(C)C2CCCN(c3cccnn3)C2)nc(-c2ccc([N+](=O)[O-])cc2)n1. The van der Waals surface area contributed by atoms with Crippen LogP contribution in [0.5, 0.6) is 0 Å². The Morgan fingerprint density at radius 3 is 2.71 bits per heavy atom. The molecule has 0 N–H and O–H groups in total. The quantitative estimate of drug-likeness (QED) is 0.442. The number of nitrogens with zero attached hydrogens (tertiary/aromatic N) is 7. The first-order valence-electron chi connectivity index (χ1n) is 10.4. The van der Waals surface area contributed by atoms with Crippen LogP contribution in [-0.4, -0.2) is 51.3 Å². The first-order valence-corrected chi connectivity index (χ1v) is 10.4. The number of aromatic nitrogens is 4. The molecule has 2 aromatic heterocycles. The van der Waals surface area contributed by atoms with E-state index in [1.165, 1.54) is 12.1 Å². The molecule has 3 aromatic rings. The average Bonchev–Trinajstić information content (AvgIpc) is 2.84. The number of piperidine rings is 1. The van der Waals surface area contributed by atoms with Crippen molar-refractivity contribution in [2.45, 2.75) is 32.2 Å². The molecule has 9 heteroatoms. The fraction of sp³-hybridized carbons (Fsp3) is 0.364. The van der Waals surface area contributed by atoms with Gasteiger partial charge in [0.2, 0.25) is 0 Å². The minimum Gasteiger partial charge on any atom is -0.355 e. The van der Waals surface area contributed by atoms with Crippen molar-refractivity contribution >= 4 is 17.3 Å². The molecule has 1 fully saturated rings. The van der Waals surface area contributed by atoms with Gasteiger partial charge in [-0.3, -0.25) is 10.1 Å². The molecule has 1 aliphatic heterocycles. The van der Waals surface area contributed by atoms with Crippen LogP contribution in [0.1, 0.15) is 25.5 Å². The zero-order valence-corrected chi connectivity index (χ0v) is 17.7. The van der Waals surface area contributed by atoms with Gasteiger partial charge in [-0.15, -0.1) is 5.10 Å². The van der Waals surface area contributed by atoms with Crippen LogP contribution in [0, 0.1) is 10.1 Å². The zero-order chi connectivity index (χ0) is 21.8. The van der Waals surface area contributed by atoms with Crippen LogP contribution in [0.25, 0.3) is 11.4 Å². The summed E-state index contributed by atoms with van der Waals surface area (Å²) in [5, 5.41) is 19.2. The molecular weight excluding hydrogens is 394 g/mol. The van der Waals surface area contributed by atoms with Crippen LogP contribution < -0.4 is 9.80 Å². The van der Waals surface area contributed by atoms with Crippen molar-refractivity contribution in [3.05, 3.63) is 64.5 Å². The molecule has 4 rings (SSSR count). The predicted molar refractivity (Wildman–Crippen MR) is 119 cm³/mol. The van der Waals surface area contributed by atoms with Crippen LogP contribution in [-0.2, 0) is 6.42 Å². The lowest BCUT2D eigenvalue weighted by Crippen LogP contribution is -2.47. The first kappa shape index (κ1) is 20.6. The Morgan fingerprint density at radius 1 is 1.23 bits per heavy atom. The zero-order valence-electron chi connectivity index (χ0n) is 17.7. The second-order valence-corrected chi connectivity index (χ2v) is 7.63. The summed E-state index contributed by atoms with van der Waals surface area (Å²) in [5.74, 6) is 2.33. The minimum atomic E-state index is -0.405. The summed E-state index contributed by atoms with van der Waals surface area (Å²) in [6.07, 6.45) is 4.59. The summed E-state index contributed by atoms with van der Waals surface area (Å²) in [5.41, 5.74) is 1.76. The van der Waals surface area contributed by atoms with Gasteiger partial charge in [-0.25, -0.2) is 9.97 Å². The Kier molecular flexibility index (Phi) is 6.01.